The summed E-state index contributed by atoms with van der Waals surface area (Å²) in [7, 11) is 0. The number of aliphatic hydroxyl groups is 1. The third-order valence-corrected chi connectivity index (χ3v) is 2.53. The molecule has 1 amide bonds. The molecule has 0 atom stereocenters. The largest absolute Gasteiger partial charge is 0.395 e. The van der Waals surface area contributed by atoms with Gasteiger partial charge in [-0.25, -0.2) is 0 Å². The second kappa shape index (κ2) is 7.90. The molecule has 0 saturated carbocycles. The van der Waals surface area contributed by atoms with E-state index in [0.717, 1.165) is 5.69 Å². The fourth-order valence-electron chi connectivity index (χ4n) is 1.55. The van der Waals surface area contributed by atoms with Crippen molar-refractivity contribution in [3.8, 4) is 6.07 Å². The number of rotatable bonds is 7. The standard InChI is InChI=1S/C14H17N3O2/c1-2-7-17(8-9-18)14(19)11-16-13-5-3-12(10-15)4-6-13/h2-6,16,18H,1,7-9,11H2. The highest BCUT2D eigenvalue weighted by Crippen LogP contribution is 2.08. The molecule has 0 aromatic heterocycles. The van der Waals surface area contributed by atoms with Gasteiger partial charge in [-0.05, 0) is 24.3 Å². The molecule has 2 N–H and O–H groups in total. The van der Waals surface area contributed by atoms with Gasteiger partial charge in [0.25, 0.3) is 0 Å². The summed E-state index contributed by atoms with van der Waals surface area (Å²) < 4.78 is 0. The summed E-state index contributed by atoms with van der Waals surface area (Å²) in [6.07, 6.45) is 1.62. The first-order valence-electron chi connectivity index (χ1n) is 5.94. The third kappa shape index (κ3) is 4.82. The van der Waals surface area contributed by atoms with Crippen LogP contribution in [0.25, 0.3) is 0 Å². The molecule has 1 rings (SSSR count). The van der Waals surface area contributed by atoms with E-state index < -0.39 is 0 Å². The van der Waals surface area contributed by atoms with Gasteiger partial charge in [0.2, 0.25) is 5.91 Å². The van der Waals surface area contributed by atoms with Crippen molar-refractivity contribution in [2.45, 2.75) is 0 Å². The van der Waals surface area contributed by atoms with Crippen LogP contribution >= 0.6 is 0 Å². The van der Waals surface area contributed by atoms with Crippen LogP contribution in [0.15, 0.2) is 36.9 Å². The van der Waals surface area contributed by atoms with Crippen molar-refractivity contribution in [1.82, 2.24) is 4.90 Å². The highest BCUT2D eigenvalue weighted by molar-refractivity contribution is 5.81. The minimum Gasteiger partial charge on any atom is -0.395 e. The summed E-state index contributed by atoms with van der Waals surface area (Å²) in [6.45, 7) is 4.34. The maximum absolute atomic E-state index is 11.9. The Bertz CT molecular complexity index is 463. The lowest BCUT2D eigenvalue weighted by atomic mass is 10.2. The summed E-state index contributed by atoms with van der Waals surface area (Å²) in [5.74, 6) is -0.113. The SMILES string of the molecule is C=CCN(CCO)C(=O)CNc1ccc(C#N)cc1. The number of nitrogens with zero attached hydrogens (tertiary/aromatic N) is 2. The molecule has 0 bridgehead atoms. The molecule has 1 aromatic carbocycles. The van der Waals surface area contributed by atoms with Crippen LogP contribution in [0, 0.1) is 11.3 Å². The van der Waals surface area contributed by atoms with Gasteiger partial charge in [0.15, 0.2) is 0 Å². The topological polar surface area (TPSA) is 76.4 Å². The monoisotopic (exact) mass is 259 g/mol. The number of hydrogen-bond acceptors (Lipinski definition) is 4. The summed E-state index contributed by atoms with van der Waals surface area (Å²) >= 11 is 0. The first-order chi connectivity index (χ1) is 9.21. The van der Waals surface area contributed by atoms with E-state index in [2.05, 4.69) is 11.9 Å². The van der Waals surface area contributed by atoms with Gasteiger partial charge in [-0.2, -0.15) is 5.26 Å². The van der Waals surface area contributed by atoms with Crippen LogP contribution in [0.2, 0.25) is 0 Å². The molecule has 5 nitrogen and oxygen atoms in total. The van der Waals surface area contributed by atoms with Crippen molar-refractivity contribution in [3.05, 3.63) is 42.5 Å². The molecule has 0 spiro atoms. The van der Waals surface area contributed by atoms with Crippen molar-refractivity contribution >= 4 is 11.6 Å². The molecule has 0 aliphatic heterocycles. The highest BCUT2D eigenvalue weighted by atomic mass is 16.3. The Kier molecular flexibility index (Phi) is 6.13. The first kappa shape index (κ1) is 14.7. The Morgan fingerprint density at radius 2 is 2.16 bits per heavy atom. The second-order valence-corrected chi connectivity index (χ2v) is 3.89. The Hall–Kier alpha value is -2.32. The quantitative estimate of drug-likeness (QED) is 0.716. The normalized spacial score (nSPS) is 9.47. The zero-order valence-corrected chi connectivity index (χ0v) is 10.7. The number of carbonyl (C=O) groups excluding carboxylic acids is 1. The van der Waals surface area contributed by atoms with Crippen LogP contribution in [0.4, 0.5) is 5.69 Å². The molecule has 5 heteroatoms. The summed E-state index contributed by atoms with van der Waals surface area (Å²) in [4.78, 5) is 13.4. The smallest absolute Gasteiger partial charge is 0.242 e. The van der Waals surface area contributed by atoms with Gasteiger partial charge < -0.3 is 15.3 Å². The van der Waals surface area contributed by atoms with E-state index in [1.807, 2.05) is 6.07 Å². The van der Waals surface area contributed by atoms with Gasteiger partial charge >= 0.3 is 0 Å². The van der Waals surface area contributed by atoms with E-state index in [1.165, 1.54) is 4.90 Å². The number of benzene rings is 1. The van der Waals surface area contributed by atoms with E-state index in [1.54, 1.807) is 30.3 Å². The number of anilines is 1. The number of hydrogen-bond donors (Lipinski definition) is 2. The minimum atomic E-state index is -0.113. The highest BCUT2D eigenvalue weighted by Gasteiger charge is 2.10. The van der Waals surface area contributed by atoms with Crippen LogP contribution < -0.4 is 5.32 Å². The van der Waals surface area contributed by atoms with E-state index >= 15 is 0 Å². The number of amides is 1. The van der Waals surface area contributed by atoms with Crippen molar-refractivity contribution in [2.24, 2.45) is 0 Å². The molecule has 1 aromatic rings. The number of nitriles is 1. The predicted molar refractivity (Wildman–Crippen MR) is 73.5 cm³/mol. The van der Waals surface area contributed by atoms with Crippen LogP contribution in [-0.2, 0) is 4.79 Å². The molecular weight excluding hydrogens is 242 g/mol. The molecular formula is C14H17N3O2. The summed E-state index contributed by atoms with van der Waals surface area (Å²) in [5.41, 5.74) is 1.35. The predicted octanol–water partition coefficient (Wildman–Crippen LogP) is 0.977. The van der Waals surface area contributed by atoms with Gasteiger partial charge in [-0.3, -0.25) is 4.79 Å². The lowest BCUT2D eigenvalue weighted by Gasteiger charge is -2.20. The maximum atomic E-state index is 11.9. The molecule has 19 heavy (non-hydrogen) atoms. The Morgan fingerprint density at radius 1 is 1.47 bits per heavy atom. The average Bonchev–Trinajstić information content (AvgIpc) is 2.45. The summed E-state index contributed by atoms with van der Waals surface area (Å²) in [5, 5.41) is 20.5. The molecule has 0 heterocycles. The fraction of sp³-hybridized carbons (Fsp3) is 0.286. The summed E-state index contributed by atoms with van der Waals surface area (Å²) in [6, 6.07) is 8.89. The van der Waals surface area contributed by atoms with E-state index in [0.29, 0.717) is 18.7 Å². The number of nitrogens with one attached hydrogen (secondary N) is 1. The van der Waals surface area contributed by atoms with Gasteiger partial charge in [0.05, 0.1) is 24.8 Å². The molecule has 0 aliphatic rings. The van der Waals surface area contributed by atoms with Crippen LogP contribution in [0.1, 0.15) is 5.56 Å². The molecule has 0 radical (unpaired) electrons. The lowest BCUT2D eigenvalue weighted by Crippen LogP contribution is -2.37. The van der Waals surface area contributed by atoms with E-state index in [4.69, 9.17) is 10.4 Å². The number of carbonyl (C=O) groups is 1. The lowest BCUT2D eigenvalue weighted by molar-refractivity contribution is -0.129. The van der Waals surface area contributed by atoms with Gasteiger partial charge in [0.1, 0.15) is 0 Å². The second-order valence-electron chi connectivity index (χ2n) is 3.89. The minimum absolute atomic E-state index is 0.0730. The Labute approximate surface area is 112 Å². The zero-order chi connectivity index (χ0) is 14.1. The zero-order valence-electron chi connectivity index (χ0n) is 10.7. The van der Waals surface area contributed by atoms with Crippen LogP contribution in [0.5, 0.6) is 0 Å². The van der Waals surface area contributed by atoms with Crippen LogP contribution in [0.3, 0.4) is 0 Å². The van der Waals surface area contributed by atoms with E-state index in [-0.39, 0.29) is 19.1 Å². The molecule has 0 aliphatic carbocycles. The van der Waals surface area contributed by atoms with Crippen LogP contribution in [-0.4, -0.2) is 42.2 Å². The Balaban J connectivity index is 2.51. The first-order valence-corrected chi connectivity index (χ1v) is 5.94. The van der Waals surface area contributed by atoms with Crippen molar-refractivity contribution < 1.29 is 9.90 Å². The van der Waals surface area contributed by atoms with Gasteiger partial charge in [-0.1, -0.05) is 6.08 Å². The van der Waals surface area contributed by atoms with Gasteiger partial charge in [-0.15, -0.1) is 6.58 Å². The van der Waals surface area contributed by atoms with Crippen molar-refractivity contribution in [1.29, 1.82) is 5.26 Å². The maximum Gasteiger partial charge on any atom is 0.242 e. The molecule has 0 fully saturated rings. The van der Waals surface area contributed by atoms with Gasteiger partial charge in [0, 0.05) is 18.8 Å². The Morgan fingerprint density at radius 3 is 2.68 bits per heavy atom. The van der Waals surface area contributed by atoms with Crippen molar-refractivity contribution in [3.63, 3.8) is 0 Å². The van der Waals surface area contributed by atoms with Crippen molar-refractivity contribution in [2.75, 3.05) is 31.6 Å². The van der Waals surface area contributed by atoms with E-state index in [9.17, 15) is 4.79 Å². The fourth-order valence-corrected chi connectivity index (χ4v) is 1.55. The molecule has 100 valence electrons. The third-order valence-electron chi connectivity index (χ3n) is 2.53. The molecule has 0 saturated heterocycles. The number of aliphatic hydroxyl groups excluding tert-OH is 1. The molecule has 0 unspecified atom stereocenters. The average molecular weight is 259 g/mol.